The molecule has 1 rings (SSSR count). The number of anilines is 2. The zero-order valence-electron chi connectivity index (χ0n) is 8.86. The van der Waals surface area contributed by atoms with Crippen molar-refractivity contribution in [3.05, 3.63) is 24.7 Å². The molecule has 0 aliphatic rings. The van der Waals surface area contributed by atoms with Gasteiger partial charge in [0.1, 0.15) is 6.33 Å². The first kappa shape index (κ1) is 11.5. The number of nitrogen functional groups attached to an aromatic ring is 1. The van der Waals surface area contributed by atoms with Crippen LogP contribution in [0, 0.1) is 0 Å². The molecule has 0 spiro atoms. The van der Waals surface area contributed by atoms with E-state index < -0.39 is 0 Å². The number of nitrogens with zero attached hydrogens (tertiary/aromatic N) is 2. The van der Waals surface area contributed by atoms with Crippen molar-refractivity contribution in [1.82, 2.24) is 9.97 Å². The summed E-state index contributed by atoms with van der Waals surface area (Å²) >= 11 is 0. The van der Waals surface area contributed by atoms with Crippen molar-refractivity contribution in [3.63, 3.8) is 0 Å². The predicted molar refractivity (Wildman–Crippen MR) is 60.6 cm³/mol. The van der Waals surface area contributed by atoms with E-state index in [1.807, 2.05) is 6.92 Å². The Morgan fingerprint density at radius 2 is 2.47 bits per heavy atom. The van der Waals surface area contributed by atoms with E-state index >= 15 is 0 Å². The molecule has 1 heterocycles. The second-order valence-corrected chi connectivity index (χ2v) is 3.26. The van der Waals surface area contributed by atoms with Crippen molar-refractivity contribution in [2.24, 2.45) is 0 Å². The highest BCUT2D eigenvalue weighted by Gasteiger charge is 1.97. The van der Waals surface area contributed by atoms with Crippen LogP contribution in [0.15, 0.2) is 24.7 Å². The Morgan fingerprint density at radius 1 is 1.67 bits per heavy atom. The van der Waals surface area contributed by atoms with Crippen molar-refractivity contribution >= 4 is 11.5 Å². The van der Waals surface area contributed by atoms with Gasteiger partial charge < -0.3 is 15.8 Å². The van der Waals surface area contributed by atoms with Gasteiger partial charge in [0.2, 0.25) is 0 Å². The molecule has 0 atom stereocenters. The molecule has 0 aliphatic heterocycles. The van der Waals surface area contributed by atoms with Gasteiger partial charge in [-0.2, -0.15) is 0 Å². The molecule has 82 valence electrons. The third-order valence-corrected chi connectivity index (χ3v) is 1.63. The third kappa shape index (κ3) is 4.42. The second-order valence-electron chi connectivity index (χ2n) is 3.26. The maximum absolute atomic E-state index is 5.64. The smallest absolute Gasteiger partial charge is 0.152 e. The fourth-order valence-corrected chi connectivity index (χ4v) is 0.976. The number of ether oxygens (including phenoxy) is 1. The summed E-state index contributed by atoms with van der Waals surface area (Å²) in [6.45, 7) is 7.50. The third-order valence-electron chi connectivity index (χ3n) is 1.63. The first-order valence-corrected chi connectivity index (χ1v) is 4.71. The minimum Gasteiger partial charge on any atom is -0.394 e. The lowest BCUT2D eigenvalue weighted by Crippen LogP contribution is -2.12. The average molecular weight is 208 g/mol. The van der Waals surface area contributed by atoms with E-state index in [0.29, 0.717) is 31.3 Å². The summed E-state index contributed by atoms with van der Waals surface area (Å²) in [6, 6.07) is 0. The largest absolute Gasteiger partial charge is 0.394 e. The minimum absolute atomic E-state index is 0.539. The Labute approximate surface area is 89.4 Å². The topological polar surface area (TPSA) is 73.1 Å². The van der Waals surface area contributed by atoms with Crippen LogP contribution in [0.4, 0.5) is 11.5 Å². The summed E-state index contributed by atoms with van der Waals surface area (Å²) in [7, 11) is 0. The van der Waals surface area contributed by atoms with E-state index in [9.17, 15) is 0 Å². The van der Waals surface area contributed by atoms with Crippen molar-refractivity contribution in [3.8, 4) is 0 Å². The highest BCUT2D eigenvalue weighted by Crippen LogP contribution is 2.10. The van der Waals surface area contributed by atoms with Crippen LogP contribution in [0.5, 0.6) is 0 Å². The van der Waals surface area contributed by atoms with Crippen LogP contribution in [-0.2, 0) is 4.74 Å². The number of hydrogen-bond donors (Lipinski definition) is 2. The van der Waals surface area contributed by atoms with Crippen molar-refractivity contribution in [1.29, 1.82) is 0 Å². The molecule has 0 amide bonds. The van der Waals surface area contributed by atoms with Gasteiger partial charge in [0.05, 0.1) is 25.1 Å². The number of hydrogen-bond acceptors (Lipinski definition) is 5. The van der Waals surface area contributed by atoms with E-state index in [2.05, 4.69) is 21.9 Å². The molecule has 5 heteroatoms. The molecule has 1 aromatic rings. The lowest BCUT2D eigenvalue weighted by Gasteiger charge is -2.07. The van der Waals surface area contributed by atoms with E-state index in [1.165, 1.54) is 6.33 Å². The van der Waals surface area contributed by atoms with Gasteiger partial charge in [-0.25, -0.2) is 9.97 Å². The summed E-state index contributed by atoms with van der Waals surface area (Å²) in [5.74, 6) is 0.643. The molecular formula is C10H16N4O. The predicted octanol–water partition coefficient (Wildman–Crippen LogP) is 1.06. The molecule has 0 unspecified atom stereocenters. The van der Waals surface area contributed by atoms with Gasteiger partial charge in [0, 0.05) is 6.54 Å². The zero-order valence-corrected chi connectivity index (χ0v) is 8.86. The fourth-order valence-electron chi connectivity index (χ4n) is 0.976. The highest BCUT2D eigenvalue weighted by molar-refractivity contribution is 5.58. The Balaban J connectivity index is 2.21. The molecule has 0 saturated carbocycles. The zero-order chi connectivity index (χ0) is 11.1. The number of rotatable bonds is 6. The van der Waals surface area contributed by atoms with E-state index in [4.69, 9.17) is 10.5 Å². The normalized spacial score (nSPS) is 9.93. The van der Waals surface area contributed by atoms with Crippen LogP contribution in [0.3, 0.4) is 0 Å². The lowest BCUT2D eigenvalue weighted by molar-refractivity contribution is 0.167. The maximum Gasteiger partial charge on any atom is 0.152 e. The number of nitrogens with two attached hydrogens (primary N) is 1. The average Bonchev–Trinajstić information content (AvgIpc) is 2.20. The molecule has 0 saturated heterocycles. The molecule has 0 bridgehead atoms. The first-order valence-electron chi connectivity index (χ1n) is 4.71. The van der Waals surface area contributed by atoms with Crippen LogP contribution in [0.25, 0.3) is 0 Å². The van der Waals surface area contributed by atoms with Crippen LogP contribution in [0.1, 0.15) is 6.92 Å². The summed E-state index contributed by atoms with van der Waals surface area (Å²) in [5, 5.41) is 3.06. The summed E-state index contributed by atoms with van der Waals surface area (Å²) in [6.07, 6.45) is 3.01. The standard InChI is InChI=1S/C10H16N4O/c1-8(2)6-15-4-3-13-10-9(11)5-12-7-14-10/h5,7H,1,3-4,6,11H2,2H3,(H,12,13,14). The Bertz CT molecular complexity index is 327. The van der Waals surface area contributed by atoms with Crippen LogP contribution < -0.4 is 11.1 Å². The van der Waals surface area contributed by atoms with Gasteiger partial charge >= 0.3 is 0 Å². The first-order chi connectivity index (χ1) is 7.20. The number of nitrogens with one attached hydrogen (secondary N) is 1. The molecule has 0 aliphatic carbocycles. The fraction of sp³-hybridized carbons (Fsp3) is 0.400. The number of aromatic nitrogens is 2. The Morgan fingerprint density at radius 3 is 3.13 bits per heavy atom. The highest BCUT2D eigenvalue weighted by atomic mass is 16.5. The molecule has 3 N–H and O–H groups in total. The summed E-state index contributed by atoms with van der Waals surface area (Å²) < 4.78 is 5.31. The van der Waals surface area contributed by atoms with Crippen LogP contribution in [0.2, 0.25) is 0 Å². The van der Waals surface area contributed by atoms with E-state index in [0.717, 1.165) is 5.57 Å². The Hall–Kier alpha value is -1.62. The molecule has 1 aromatic heterocycles. The molecule has 0 aromatic carbocycles. The van der Waals surface area contributed by atoms with Gasteiger partial charge in [0.25, 0.3) is 0 Å². The summed E-state index contributed by atoms with van der Waals surface area (Å²) in [4.78, 5) is 7.78. The van der Waals surface area contributed by atoms with Gasteiger partial charge in [-0.15, -0.1) is 0 Å². The van der Waals surface area contributed by atoms with Crippen molar-refractivity contribution < 1.29 is 4.74 Å². The molecule has 0 radical (unpaired) electrons. The molecule has 5 nitrogen and oxygen atoms in total. The SMILES string of the molecule is C=C(C)COCCNc1ncncc1N. The molecule has 0 fully saturated rings. The van der Waals surface area contributed by atoms with Gasteiger partial charge in [-0.3, -0.25) is 0 Å². The Kier molecular flexibility index (Phi) is 4.56. The van der Waals surface area contributed by atoms with Crippen LogP contribution >= 0.6 is 0 Å². The van der Waals surface area contributed by atoms with Gasteiger partial charge in [-0.1, -0.05) is 12.2 Å². The minimum atomic E-state index is 0.539. The van der Waals surface area contributed by atoms with Crippen LogP contribution in [-0.4, -0.2) is 29.7 Å². The maximum atomic E-state index is 5.64. The summed E-state index contributed by atoms with van der Waals surface area (Å²) in [5.41, 5.74) is 7.19. The quantitative estimate of drug-likeness (QED) is 0.540. The molecular weight excluding hydrogens is 192 g/mol. The second kappa shape index (κ2) is 5.98. The van der Waals surface area contributed by atoms with E-state index in [-0.39, 0.29) is 0 Å². The monoisotopic (exact) mass is 208 g/mol. The van der Waals surface area contributed by atoms with Gasteiger partial charge in [0.15, 0.2) is 5.82 Å². The van der Waals surface area contributed by atoms with Gasteiger partial charge in [-0.05, 0) is 6.92 Å². The van der Waals surface area contributed by atoms with Crippen molar-refractivity contribution in [2.75, 3.05) is 30.8 Å². The lowest BCUT2D eigenvalue weighted by atomic mass is 10.4. The molecule has 15 heavy (non-hydrogen) atoms. The van der Waals surface area contributed by atoms with E-state index in [1.54, 1.807) is 6.20 Å². The van der Waals surface area contributed by atoms with Crippen molar-refractivity contribution in [2.45, 2.75) is 6.92 Å².